The zero-order valence-electron chi connectivity index (χ0n) is 15.0. The number of allylic oxidation sites excluding steroid dienone is 1. The molecule has 1 amide bonds. The minimum atomic E-state index is -0.260. The number of rotatable bonds is 2. The fraction of sp³-hybridized carbons (Fsp3) is 0.200. The molecule has 3 unspecified atom stereocenters. The van der Waals surface area contributed by atoms with Crippen LogP contribution in [0, 0.1) is 5.82 Å². The number of quaternary nitrogens is 1. The van der Waals surface area contributed by atoms with Crippen LogP contribution in [0.1, 0.15) is 29.3 Å². The van der Waals surface area contributed by atoms with Gasteiger partial charge in [-0.3, -0.25) is 4.79 Å². The summed E-state index contributed by atoms with van der Waals surface area (Å²) in [5, 5.41) is 4.82. The van der Waals surface area contributed by atoms with Crippen molar-refractivity contribution in [2.45, 2.75) is 18.2 Å². The third-order valence-electron chi connectivity index (χ3n) is 5.02. The highest BCUT2D eigenvalue weighted by Crippen LogP contribution is 2.44. The average Bonchev–Trinajstić information content (AvgIpc) is 3.07. The first-order valence-corrected chi connectivity index (χ1v) is 9.84. The lowest BCUT2D eigenvalue weighted by atomic mass is 9.97. The van der Waals surface area contributed by atoms with Crippen LogP contribution in [0.4, 0.5) is 10.1 Å². The molecule has 142 valence electrons. The lowest BCUT2D eigenvalue weighted by Crippen LogP contribution is -3.18. The molecular formula is C20H18FN4O2S+. The number of amidine groups is 1. The van der Waals surface area contributed by atoms with Gasteiger partial charge in [-0.2, -0.15) is 10.0 Å². The van der Waals surface area contributed by atoms with Gasteiger partial charge in [0.05, 0.1) is 23.2 Å². The van der Waals surface area contributed by atoms with Crippen molar-refractivity contribution in [3.8, 4) is 5.75 Å². The van der Waals surface area contributed by atoms with Crippen LogP contribution in [-0.2, 0) is 4.79 Å². The molecule has 0 bridgehead atoms. The van der Waals surface area contributed by atoms with Crippen molar-refractivity contribution in [1.82, 2.24) is 5.43 Å². The van der Waals surface area contributed by atoms with Crippen molar-refractivity contribution in [2.24, 2.45) is 4.99 Å². The Labute approximate surface area is 165 Å². The third kappa shape index (κ3) is 2.99. The summed E-state index contributed by atoms with van der Waals surface area (Å²) in [5.41, 5.74) is 7.37. The summed E-state index contributed by atoms with van der Waals surface area (Å²) in [6.45, 7) is 2.05. The molecule has 0 aliphatic carbocycles. The van der Waals surface area contributed by atoms with E-state index in [9.17, 15) is 9.18 Å². The monoisotopic (exact) mass is 397 g/mol. The second-order valence-corrected chi connectivity index (χ2v) is 8.06. The number of benzene rings is 2. The number of hydrogen-bond donors (Lipinski definition) is 3. The van der Waals surface area contributed by atoms with E-state index in [4.69, 9.17) is 4.74 Å². The van der Waals surface area contributed by atoms with Gasteiger partial charge in [0, 0.05) is 6.92 Å². The van der Waals surface area contributed by atoms with E-state index in [0.29, 0.717) is 11.4 Å². The summed E-state index contributed by atoms with van der Waals surface area (Å²) < 4.78 is 18.9. The maximum atomic E-state index is 13.5. The smallest absolute Gasteiger partial charge is 0.287 e. The normalized spacial score (nSPS) is 25.8. The van der Waals surface area contributed by atoms with Crippen LogP contribution in [0.3, 0.4) is 0 Å². The summed E-state index contributed by atoms with van der Waals surface area (Å²) in [7, 11) is 0. The van der Waals surface area contributed by atoms with E-state index >= 15 is 0 Å². The number of hydrogen-bond acceptors (Lipinski definition) is 5. The molecule has 1 saturated heterocycles. The zero-order valence-corrected chi connectivity index (χ0v) is 15.8. The van der Waals surface area contributed by atoms with Gasteiger partial charge in [-0.25, -0.2) is 4.39 Å². The van der Waals surface area contributed by atoms with E-state index in [1.54, 1.807) is 23.9 Å². The van der Waals surface area contributed by atoms with Crippen molar-refractivity contribution < 1.29 is 18.9 Å². The van der Waals surface area contributed by atoms with Crippen LogP contribution in [0.2, 0.25) is 0 Å². The first-order chi connectivity index (χ1) is 13.6. The molecule has 3 heterocycles. The largest absolute Gasteiger partial charge is 0.482 e. The minimum absolute atomic E-state index is 0.00334. The maximum Gasteiger partial charge on any atom is 0.287 e. The molecule has 3 aliphatic heterocycles. The Hall–Kier alpha value is -2.68. The Morgan fingerprint density at radius 2 is 2.00 bits per heavy atom. The third-order valence-corrected chi connectivity index (χ3v) is 6.35. The summed E-state index contributed by atoms with van der Waals surface area (Å²) >= 11 is 1.67. The summed E-state index contributed by atoms with van der Waals surface area (Å²) in [6.07, 6.45) is 1.86. The Kier molecular flexibility index (Phi) is 4.19. The number of fused-ring (bicyclic) bond motifs is 2. The molecule has 0 aromatic heterocycles. The molecular weight excluding hydrogens is 379 g/mol. The van der Waals surface area contributed by atoms with Crippen LogP contribution in [0.5, 0.6) is 5.75 Å². The van der Waals surface area contributed by atoms with E-state index < -0.39 is 0 Å². The van der Waals surface area contributed by atoms with Crippen molar-refractivity contribution in [3.63, 3.8) is 0 Å². The highest BCUT2D eigenvalue weighted by molar-refractivity contribution is 8.13. The second kappa shape index (κ2) is 6.73. The molecule has 6 nitrogen and oxygen atoms in total. The molecule has 0 saturated carbocycles. The van der Waals surface area contributed by atoms with Gasteiger partial charge in [0.25, 0.3) is 11.1 Å². The zero-order chi connectivity index (χ0) is 19.3. The van der Waals surface area contributed by atoms with Gasteiger partial charge in [-0.1, -0.05) is 18.2 Å². The standard InChI is InChI=1S/C20H17FN4O2S/c1-11-9-22-20-25(11)24-18(12-2-5-14(21)6-3-12)19(28-20)13-4-7-16-15(8-13)23-17(26)10-27-16/h2-9,18-19,24H,10H2,1H3,(H,23,26)/p+1. The molecule has 0 spiro atoms. The first kappa shape index (κ1) is 17.4. The Bertz CT molecular complexity index is 1020. The van der Waals surface area contributed by atoms with Gasteiger partial charge in [0.1, 0.15) is 17.3 Å². The van der Waals surface area contributed by atoms with Crippen LogP contribution in [0.15, 0.2) is 59.4 Å². The molecule has 1 fully saturated rings. The number of carbonyl (C=O) groups is 1. The topological polar surface area (TPSA) is 67.2 Å². The average molecular weight is 397 g/mol. The number of carbonyl (C=O) groups excluding carboxylic acids is 1. The lowest BCUT2D eigenvalue weighted by Gasteiger charge is -2.35. The predicted octanol–water partition coefficient (Wildman–Crippen LogP) is 2.31. The van der Waals surface area contributed by atoms with Crippen molar-refractivity contribution in [1.29, 1.82) is 0 Å². The number of thioether (sulfide) groups is 1. The molecule has 8 heteroatoms. The van der Waals surface area contributed by atoms with E-state index in [1.807, 2.05) is 31.3 Å². The van der Waals surface area contributed by atoms with Crippen LogP contribution in [-0.4, -0.2) is 17.7 Å². The summed E-state index contributed by atoms with van der Waals surface area (Å²) in [6, 6.07) is 12.3. The van der Waals surface area contributed by atoms with E-state index in [0.717, 1.165) is 27.0 Å². The number of amides is 1. The number of nitrogens with one attached hydrogen (secondary N) is 3. The maximum absolute atomic E-state index is 13.5. The molecule has 3 N–H and O–H groups in total. The summed E-state index contributed by atoms with van der Waals surface area (Å²) in [5.74, 6) is 0.243. The lowest BCUT2D eigenvalue weighted by molar-refractivity contribution is -0.815. The molecule has 2 aromatic rings. The number of ether oxygens (including phenoxy) is 1. The number of anilines is 1. The predicted molar refractivity (Wildman–Crippen MR) is 105 cm³/mol. The van der Waals surface area contributed by atoms with Gasteiger partial charge in [-0.05, 0) is 47.2 Å². The van der Waals surface area contributed by atoms with Crippen molar-refractivity contribution >= 4 is 28.5 Å². The molecule has 5 rings (SSSR count). The minimum Gasteiger partial charge on any atom is -0.482 e. The summed E-state index contributed by atoms with van der Waals surface area (Å²) in [4.78, 5) is 16.2. The van der Waals surface area contributed by atoms with Gasteiger partial charge in [0.2, 0.25) is 0 Å². The molecule has 3 aliphatic rings. The van der Waals surface area contributed by atoms with Crippen LogP contribution in [0.25, 0.3) is 0 Å². The van der Waals surface area contributed by atoms with Gasteiger partial charge in [-0.15, -0.1) is 5.43 Å². The van der Waals surface area contributed by atoms with E-state index in [-0.39, 0.29) is 29.6 Å². The highest BCUT2D eigenvalue weighted by Gasteiger charge is 2.42. The fourth-order valence-corrected chi connectivity index (χ4v) is 4.94. The Morgan fingerprint density at radius 1 is 1.21 bits per heavy atom. The van der Waals surface area contributed by atoms with Crippen LogP contribution >= 0.6 is 11.8 Å². The van der Waals surface area contributed by atoms with Crippen molar-refractivity contribution in [3.05, 3.63) is 71.3 Å². The quantitative estimate of drug-likeness (QED) is 0.728. The number of nitrogens with zero attached hydrogens (tertiary/aromatic N) is 1. The first-order valence-electron chi connectivity index (χ1n) is 8.96. The van der Waals surface area contributed by atoms with E-state index in [2.05, 4.69) is 15.7 Å². The van der Waals surface area contributed by atoms with Gasteiger partial charge in [0.15, 0.2) is 6.61 Å². The van der Waals surface area contributed by atoms with Gasteiger partial charge < -0.3 is 10.1 Å². The molecule has 3 atom stereocenters. The SMILES string of the molecule is CC1=CN=C2SC(c3ccc4c(c3)NC(=O)CO4)C(c3ccc(F)cc3)N[NH+]12. The Morgan fingerprint density at radius 3 is 2.82 bits per heavy atom. The molecule has 2 aromatic carbocycles. The molecule has 28 heavy (non-hydrogen) atoms. The second-order valence-electron chi connectivity index (χ2n) is 6.93. The highest BCUT2D eigenvalue weighted by atomic mass is 32.2. The van der Waals surface area contributed by atoms with Gasteiger partial charge >= 0.3 is 0 Å². The van der Waals surface area contributed by atoms with Crippen LogP contribution < -0.4 is 20.5 Å². The van der Waals surface area contributed by atoms with Crippen molar-refractivity contribution in [2.75, 3.05) is 11.9 Å². The number of aliphatic imine (C=N–C) groups is 1. The fourth-order valence-electron chi connectivity index (χ4n) is 3.60. The van der Waals surface area contributed by atoms with E-state index in [1.165, 1.54) is 12.1 Å². The number of halogens is 1. The molecule has 0 radical (unpaired) electrons. The Balaban J connectivity index is 1.54.